The summed E-state index contributed by atoms with van der Waals surface area (Å²) in [5.41, 5.74) is 0.713. The minimum Gasteiger partial charge on any atom is -0.478 e. The van der Waals surface area contributed by atoms with Gasteiger partial charge in [-0.05, 0) is 37.3 Å². The number of carboxylic acids is 1. The fraction of sp³-hybridized carbons (Fsp3) is 0.0714. The summed E-state index contributed by atoms with van der Waals surface area (Å²) in [4.78, 5) is 10.8. The lowest BCUT2D eigenvalue weighted by Gasteiger charge is -2.07. The highest BCUT2D eigenvalue weighted by molar-refractivity contribution is 5.89. The quantitative estimate of drug-likeness (QED) is 0.880. The van der Waals surface area contributed by atoms with Crippen molar-refractivity contribution in [3.8, 4) is 11.1 Å². The second-order valence-corrected chi connectivity index (χ2v) is 3.98. The van der Waals surface area contributed by atoms with E-state index in [1.165, 1.54) is 12.1 Å². The highest BCUT2D eigenvalue weighted by Gasteiger charge is 2.13. The Balaban J connectivity index is 2.66. The van der Waals surface area contributed by atoms with Gasteiger partial charge in [-0.2, -0.15) is 0 Å². The van der Waals surface area contributed by atoms with Crippen LogP contribution in [0.3, 0.4) is 0 Å². The molecule has 1 N–H and O–H groups in total. The van der Waals surface area contributed by atoms with Crippen LogP contribution in [0.25, 0.3) is 11.1 Å². The second kappa shape index (κ2) is 4.56. The fourth-order valence-electron chi connectivity index (χ4n) is 1.71. The molecular formula is C14H10F2O2. The van der Waals surface area contributed by atoms with E-state index in [0.717, 1.165) is 23.8 Å². The van der Waals surface area contributed by atoms with Crippen LogP contribution in [-0.4, -0.2) is 11.1 Å². The highest BCUT2D eigenvalue weighted by Crippen LogP contribution is 2.27. The minimum absolute atomic E-state index is 0.0453. The van der Waals surface area contributed by atoms with E-state index in [1.54, 1.807) is 13.0 Å². The molecule has 0 bridgehead atoms. The van der Waals surface area contributed by atoms with E-state index in [0.29, 0.717) is 0 Å². The SMILES string of the molecule is Cc1ccc(F)c(-c2cc(C(=O)O)ccc2F)c1. The predicted molar refractivity (Wildman–Crippen MR) is 63.5 cm³/mol. The normalized spacial score (nSPS) is 10.4. The van der Waals surface area contributed by atoms with Crippen LogP contribution in [0.5, 0.6) is 0 Å². The fourth-order valence-corrected chi connectivity index (χ4v) is 1.71. The van der Waals surface area contributed by atoms with Crippen LogP contribution < -0.4 is 0 Å². The Hall–Kier alpha value is -2.23. The number of carbonyl (C=O) groups is 1. The molecule has 2 rings (SSSR count). The molecule has 0 amide bonds. The van der Waals surface area contributed by atoms with Gasteiger partial charge in [0, 0.05) is 11.1 Å². The van der Waals surface area contributed by atoms with Crippen LogP contribution in [0, 0.1) is 18.6 Å². The van der Waals surface area contributed by atoms with Gasteiger partial charge in [0.05, 0.1) is 5.56 Å². The maximum Gasteiger partial charge on any atom is 0.335 e. The zero-order valence-corrected chi connectivity index (χ0v) is 9.58. The molecule has 0 aliphatic carbocycles. The summed E-state index contributed by atoms with van der Waals surface area (Å²) in [5, 5.41) is 8.85. The molecule has 2 aromatic carbocycles. The molecule has 4 heteroatoms. The van der Waals surface area contributed by atoms with Gasteiger partial charge in [-0.15, -0.1) is 0 Å². The van der Waals surface area contributed by atoms with Gasteiger partial charge >= 0.3 is 5.97 Å². The summed E-state index contributed by atoms with van der Waals surface area (Å²) in [5.74, 6) is -2.41. The van der Waals surface area contributed by atoms with Gasteiger partial charge in [-0.25, -0.2) is 13.6 Å². The molecule has 0 spiro atoms. The van der Waals surface area contributed by atoms with Crippen LogP contribution in [-0.2, 0) is 0 Å². The van der Waals surface area contributed by atoms with Crippen molar-refractivity contribution in [3.63, 3.8) is 0 Å². The third-order valence-corrected chi connectivity index (χ3v) is 2.63. The predicted octanol–water partition coefficient (Wildman–Crippen LogP) is 3.64. The monoisotopic (exact) mass is 248 g/mol. The average Bonchev–Trinajstić information content (AvgIpc) is 2.33. The molecule has 2 nitrogen and oxygen atoms in total. The van der Waals surface area contributed by atoms with E-state index in [1.807, 2.05) is 0 Å². The summed E-state index contributed by atoms with van der Waals surface area (Å²) in [7, 11) is 0. The number of benzene rings is 2. The van der Waals surface area contributed by atoms with E-state index in [-0.39, 0.29) is 16.7 Å². The van der Waals surface area contributed by atoms with E-state index < -0.39 is 17.6 Å². The molecule has 2 aromatic rings. The molecule has 0 fully saturated rings. The molecular weight excluding hydrogens is 238 g/mol. The van der Waals surface area contributed by atoms with Crippen molar-refractivity contribution < 1.29 is 18.7 Å². The van der Waals surface area contributed by atoms with Gasteiger partial charge in [0.2, 0.25) is 0 Å². The maximum atomic E-state index is 13.7. The van der Waals surface area contributed by atoms with Gasteiger partial charge in [0.1, 0.15) is 11.6 Å². The molecule has 0 aliphatic heterocycles. The molecule has 0 saturated heterocycles. The van der Waals surface area contributed by atoms with Gasteiger partial charge in [-0.1, -0.05) is 11.6 Å². The topological polar surface area (TPSA) is 37.3 Å². The van der Waals surface area contributed by atoms with E-state index >= 15 is 0 Å². The number of aryl methyl sites for hydroxylation is 1. The smallest absolute Gasteiger partial charge is 0.335 e. The highest BCUT2D eigenvalue weighted by atomic mass is 19.1. The van der Waals surface area contributed by atoms with Crippen molar-refractivity contribution in [2.24, 2.45) is 0 Å². The van der Waals surface area contributed by atoms with Gasteiger partial charge in [0.25, 0.3) is 0 Å². The third kappa shape index (κ3) is 2.22. The number of aromatic carboxylic acids is 1. The van der Waals surface area contributed by atoms with Crippen molar-refractivity contribution >= 4 is 5.97 Å². The van der Waals surface area contributed by atoms with Crippen molar-refractivity contribution in [3.05, 3.63) is 59.2 Å². The molecule has 92 valence electrons. The van der Waals surface area contributed by atoms with E-state index in [2.05, 4.69) is 0 Å². The first-order chi connectivity index (χ1) is 8.49. The Morgan fingerprint density at radius 3 is 2.17 bits per heavy atom. The zero-order chi connectivity index (χ0) is 13.3. The number of hydrogen-bond acceptors (Lipinski definition) is 1. The largest absolute Gasteiger partial charge is 0.478 e. The summed E-state index contributed by atoms with van der Waals surface area (Å²) < 4.78 is 27.3. The Morgan fingerprint density at radius 2 is 1.56 bits per heavy atom. The van der Waals surface area contributed by atoms with Crippen LogP contribution >= 0.6 is 0 Å². The third-order valence-electron chi connectivity index (χ3n) is 2.63. The van der Waals surface area contributed by atoms with Crippen molar-refractivity contribution in [2.45, 2.75) is 6.92 Å². The zero-order valence-electron chi connectivity index (χ0n) is 9.58. The molecule has 0 aliphatic rings. The van der Waals surface area contributed by atoms with Crippen molar-refractivity contribution in [1.29, 1.82) is 0 Å². The van der Waals surface area contributed by atoms with E-state index in [4.69, 9.17) is 5.11 Å². The van der Waals surface area contributed by atoms with Crippen LogP contribution in [0.2, 0.25) is 0 Å². The first-order valence-electron chi connectivity index (χ1n) is 5.28. The summed E-state index contributed by atoms with van der Waals surface area (Å²) in [6, 6.07) is 7.60. The molecule has 0 saturated carbocycles. The second-order valence-electron chi connectivity index (χ2n) is 3.98. The molecule has 0 unspecified atom stereocenters. The lowest BCUT2D eigenvalue weighted by molar-refractivity contribution is 0.0697. The summed E-state index contributed by atoms with van der Waals surface area (Å²) in [6.45, 7) is 1.75. The molecule has 0 atom stereocenters. The maximum absolute atomic E-state index is 13.7. The number of hydrogen-bond donors (Lipinski definition) is 1. The number of halogens is 2. The molecule has 0 radical (unpaired) electrons. The standard InChI is InChI=1S/C14H10F2O2/c1-8-2-4-12(15)10(6-8)11-7-9(14(17)18)3-5-13(11)16/h2-7H,1H3,(H,17,18). The molecule has 0 heterocycles. The summed E-state index contributed by atoms with van der Waals surface area (Å²) >= 11 is 0. The molecule has 18 heavy (non-hydrogen) atoms. The van der Waals surface area contributed by atoms with Crippen molar-refractivity contribution in [1.82, 2.24) is 0 Å². The lowest BCUT2D eigenvalue weighted by Crippen LogP contribution is -1.98. The van der Waals surface area contributed by atoms with Crippen LogP contribution in [0.4, 0.5) is 8.78 Å². The van der Waals surface area contributed by atoms with Crippen molar-refractivity contribution in [2.75, 3.05) is 0 Å². The summed E-state index contributed by atoms with van der Waals surface area (Å²) in [6.07, 6.45) is 0. The average molecular weight is 248 g/mol. The Kier molecular flexibility index (Phi) is 3.10. The van der Waals surface area contributed by atoms with Crippen LogP contribution in [0.1, 0.15) is 15.9 Å². The van der Waals surface area contributed by atoms with Gasteiger partial charge < -0.3 is 5.11 Å². The number of rotatable bonds is 2. The van der Waals surface area contributed by atoms with Crippen LogP contribution in [0.15, 0.2) is 36.4 Å². The molecule has 0 aromatic heterocycles. The first-order valence-corrected chi connectivity index (χ1v) is 5.28. The van der Waals surface area contributed by atoms with E-state index in [9.17, 15) is 13.6 Å². The Labute approximate surface area is 103 Å². The lowest BCUT2D eigenvalue weighted by atomic mass is 10.00. The Bertz CT molecular complexity index is 621. The van der Waals surface area contributed by atoms with Gasteiger partial charge in [-0.3, -0.25) is 0 Å². The number of carboxylic acid groups (broad SMARTS) is 1. The van der Waals surface area contributed by atoms with Gasteiger partial charge in [0.15, 0.2) is 0 Å². The minimum atomic E-state index is -1.18. The Morgan fingerprint density at radius 1 is 1.00 bits per heavy atom. The first kappa shape index (κ1) is 12.2.